The van der Waals surface area contributed by atoms with Crippen LogP contribution in [0.5, 0.6) is 0 Å². The molecule has 0 aliphatic rings. The minimum Gasteiger partial charge on any atom is -0.347 e. The molecule has 0 rings (SSSR count). The van der Waals surface area contributed by atoms with Crippen molar-refractivity contribution in [3.63, 3.8) is 0 Å². The third-order valence-corrected chi connectivity index (χ3v) is 1.31. The summed E-state index contributed by atoms with van der Waals surface area (Å²) in [6.45, 7) is 19.5. The smallest absolute Gasteiger partial charge is 0.0864 e. The van der Waals surface area contributed by atoms with Crippen molar-refractivity contribution in [3.8, 4) is 0 Å². The molecule has 0 heterocycles. The molecule has 2 heteroatoms. The maximum absolute atomic E-state index is 3.83. The highest BCUT2D eigenvalue weighted by atomic mass is 14.9. The fourth-order valence-electron chi connectivity index (χ4n) is 0.713. The molecule has 0 aliphatic carbocycles. The molecule has 0 aliphatic heterocycles. The van der Waals surface area contributed by atoms with Gasteiger partial charge in [-0.05, 0) is 19.4 Å². The maximum Gasteiger partial charge on any atom is 0.0864 e. The number of nitrogens with zero attached hydrogens (tertiary/aromatic N) is 1. The molecule has 0 spiro atoms. The maximum atomic E-state index is 3.83. The van der Waals surface area contributed by atoms with E-state index in [0.29, 0.717) is 0 Å². The summed E-state index contributed by atoms with van der Waals surface area (Å²) in [4.78, 5) is 3.79. The highest BCUT2D eigenvalue weighted by Crippen LogP contribution is 2.05. The van der Waals surface area contributed by atoms with Crippen LogP contribution in [0.25, 0.3) is 0 Å². The zero-order valence-electron chi connectivity index (χ0n) is 12.0. The van der Waals surface area contributed by atoms with E-state index < -0.39 is 0 Å². The van der Waals surface area contributed by atoms with Crippen LogP contribution in [0.4, 0.5) is 0 Å². The predicted octanol–water partition coefficient (Wildman–Crippen LogP) is 4.32. The molecule has 0 aromatic rings. The third-order valence-electron chi connectivity index (χ3n) is 1.31. The molecule has 0 saturated carbocycles. The summed E-state index contributed by atoms with van der Waals surface area (Å²) in [7, 11) is 1.71. The Labute approximate surface area is 102 Å². The first-order chi connectivity index (χ1) is 7.57. The van der Waals surface area contributed by atoms with Gasteiger partial charge in [-0.1, -0.05) is 52.5 Å². The van der Waals surface area contributed by atoms with Crippen LogP contribution in [-0.2, 0) is 0 Å². The fourth-order valence-corrected chi connectivity index (χ4v) is 0.713. The monoisotopic (exact) mass is 224 g/mol. The summed E-state index contributed by atoms with van der Waals surface area (Å²) in [5.74, 6) is 0. The number of aliphatic imine (C=N–C) groups is 1. The first kappa shape index (κ1) is 20.1. The molecule has 94 valence electrons. The molecule has 0 radical (unpaired) electrons. The van der Waals surface area contributed by atoms with Gasteiger partial charge < -0.3 is 5.32 Å². The molecule has 0 saturated heterocycles. The molecule has 0 atom stereocenters. The van der Waals surface area contributed by atoms with Crippen LogP contribution in [-0.4, -0.2) is 13.4 Å². The number of hydrogen-bond donors (Lipinski definition) is 1. The summed E-state index contributed by atoms with van der Waals surface area (Å²) < 4.78 is 0. The molecule has 0 fully saturated rings. The molecule has 1 N–H and O–H groups in total. The molecular weight excluding hydrogens is 196 g/mol. The van der Waals surface area contributed by atoms with Crippen LogP contribution in [0.15, 0.2) is 41.1 Å². The van der Waals surface area contributed by atoms with Crippen molar-refractivity contribution in [2.75, 3.05) is 7.05 Å². The second kappa shape index (κ2) is 16.1. The van der Waals surface area contributed by atoms with E-state index >= 15 is 0 Å². The zero-order valence-corrected chi connectivity index (χ0v) is 12.0. The van der Waals surface area contributed by atoms with Crippen LogP contribution >= 0.6 is 0 Å². The van der Waals surface area contributed by atoms with E-state index in [0.717, 1.165) is 16.8 Å². The Morgan fingerprint density at radius 1 is 1.06 bits per heavy atom. The van der Waals surface area contributed by atoms with Gasteiger partial charge in [-0.15, -0.1) is 0 Å². The average Bonchev–Trinajstić information content (AvgIpc) is 2.30. The Hall–Kier alpha value is -1.31. The van der Waals surface area contributed by atoms with Gasteiger partial charge in [0, 0.05) is 12.7 Å². The van der Waals surface area contributed by atoms with Crippen LogP contribution in [0.1, 0.15) is 41.5 Å². The largest absolute Gasteiger partial charge is 0.347 e. The lowest BCUT2D eigenvalue weighted by molar-refractivity contribution is 1.14. The quantitative estimate of drug-likeness (QED) is 0.429. The van der Waals surface area contributed by atoms with Gasteiger partial charge in [-0.25, -0.2) is 0 Å². The summed E-state index contributed by atoms with van der Waals surface area (Å²) in [5, 5.41) is 2.94. The van der Waals surface area contributed by atoms with Gasteiger partial charge in [0.1, 0.15) is 0 Å². The predicted molar refractivity (Wildman–Crippen MR) is 78.0 cm³/mol. The van der Waals surface area contributed by atoms with Crippen molar-refractivity contribution in [1.82, 2.24) is 5.32 Å². The van der Waals surface area contributed by atoms with E-state index in [1.165, 1.54) is 0 Å². The molecule has 16 heavy (non-hydrogen) atoms. The minimum absolute atomic E-state index is 0.851. The molecule has 0 unspecified atom stereocenters. The zero-order chi connectivity index (χ0) is 13.6. The lowest BCUT2D eigenvalue weighted by Crippen LogP contribution is -2.10. The number of nitrogens with one attached hydrogen (secondary N) is 1. The Kier molecular flexibility index (Phi) is 20.3. The number of allylic oxidation sites excluding steroid dienone is 3. The highest BCUT2D eigenvalue weighted by molar-refractivity contribution is 5.59. The van der Waals surface area contributed by atoms with Gasteiger partial charge in [0.15, 0.2) is 0 Å². The van der Waals surface area contributed by atoms with E-state index in [1.54, 1.807) is 13.4 Å². The SMILES string of the molecule is C=C(C)/C=C(/C)C(=C)NC=NC.CC.CC. The van der Waals surface area contributed by atoms with Crippen LogP contribution in [0.2, 0.25) is 0 Å². The molecule has 0 bridgehead atoms. The summed E-state index contributed by atoms with van der Waals surface area (Å²) in [5.41, 5.74) is 2.94. The lowest BCUT2D eigenvalue weighted by atomic mass is 10.2. The lowest BCUT2D eigenvalue weighted by Gasteiger charge is -2.04. The first-order valence-electron chi connectivity index (χ1n) is 5.78. The van der Waals surface area contributed by atoms with Gasteiger partial charge in [0.05, 0.1) is 6.34 Å². The van der Waals surface area contributed by atoms with E-state index in [2.05, 4.69) is 23.5 Å². The van der Waals surface area contributed by atoms with Gasteiger partial charge in [-0.2, -0.15) is 0 Å². The summed E-state index contributed by atoms with van der Waals surface area (Å²) >= 11 is 0. The van der Waals surface area contributed by atoms with Crippen molar-refractivity contribution in [2.24, 2.45) is 4.99 Å². The third kappa shape index (κ3) is 15.2. The molecule has 0 amide bonds. The first-order valence-corrected chi connectivity index (χ1v) is 5.78. The fraction of sp³-hybridized carbons (Fsp3) is 0.500. The van der Waals surface area contributed by atoms with Crippen molar-refractivity contribution in [1.29, 1.82) is 0 Å². The Balaban J connectivity index is -0.000000376. The average molecular weight is 224 g/mol. The van der Waals surface area contributed by atoms with Crippen molar-refractivity contribution < 1.29 is 0 Å². The Bertz CT molecular complexity index is 235. The van der Waals surface area contributed by atoms with Gasteiger partial charge >= 0.3 is 0 Å². The van der Waals surface area contributed by atoms with E-state index in [-0.39, 0.29) is 0 Å². The van der Waals surface area contributed by atoms with Crippen molar-refractivity contribution in [2.45, 2.75) is 41.5 Å². The van der Waals surface area contributed by atoms with E-state index in [9.17, 15) is 0 Å². The van der Waals surface area contributed by atoms with Gasteiger partial charge in [-0.3, -0.25) is 4.99 Å². The van der Waals surface area contributed by atoms with Crippen LogP contribution in [0, 0.1) is 0 Å². The Morgan fingerprint density at radius 2 is 1.50 bits per heavy atom. The van der Waals surface area contributed by atoms with Crippen LogP contribution < -0.4 is 5.32 Å². The van der Waals surface area contributed by atoms with Crippen LogP contribution in [0.3, 0.4) is 0 Å². The number of hydrogen-bond acceptors (Lipinski definition) is 1. The summed E-state index contributed by atoms with van der Waals surface area (Å²) in [6, 6.07) is 0. The second-order valence-corrected chi connectivity index (χ2v) is 2.68. The topological polar surface area (TPSA) is 24.4 Å². The summed E-state index contributed by atoms with van der Waals surface area (Å²) in [6.07, 6.45) is 3.58. The van der Waals surface area contributed by atoms with Gasteiger partial charge in [0.2, 0.25) is 0 Å². The molecular formula is C14H28N2. The normalized spacial score (nSPS) is 9.56. The standard InChI is InChI=1S/C10H16N2.2C2H6/c1-8(2)6-9(3)10(4)12-7-11-5;2*1-2/h6-7H,1,4H2,2-3,5H3,(H,11,12);2*1-2H3/b9-6-;;. The number of rotatable bonds is 4. The van der Waals surface area contributed by atoms with Gasteiger partial charge in [0.25, 0.3) is 0 Å². The molecule has 0 aromatic carbocycles. The van der Waals surface area contributed by atoms with E-state index in [1.807, 2.05) is 47.6 Å². The highest BCUT2D eigenvalue weighted by Gasteiger charge is 1.92. The van der Waals surface area contributed by atoms with E-state index in [4.69, 9.17) is 0 Å². The molecule has 0 aromatic heterocycles. The minimum atomic E-state index is 0.851. The Morgan fingerprint density at radius 3 is 1.81 bits per heavy atom. The molecule has 2 nitrogen and oxygen atoms in total. The van der Waals surface area contributed by atoms with Crippen molar-refractivity contribution in [3.05, 3.63) is 36.1 Å². The van der Waals surface area contributed by atoms with Crippen molar-refractivity contribution >= 4 is 6.34 Å². The second-order valence-electron chi connectivity index (χ2n) is 2.68.